The first-order valence-electron chi connectivity index (χ1n) is 8.80. The van der Waals surface area contributed by atoms with Crippen molar-refractivity contribution < 1.29 is 9.53 Å². The Morgan fingerprint density at radius 3 is 2.88 bits per heavy atom. The Balaban J connectivity index is 1.37. The number of nitrogens with zero attached hydrogens (tertiary/aromatic N) is 6. The van der Waals surface area contributed by atoms with Crippen molar-refractivity contribution in [3.63, 3.8) is 0 Å². The average Bonchev–Trinajstić information content (AvgIpc) is 3.26. The predicted molar refractivity (Wildman–Crippen MR) is 89.3 cm³/mol. The standard InChI is InChI=1S/C16H20N6O2S/c1-10-13(20-25-19-10)15(23)21-6-5-16(8-21)9-22-12(7-24-16)17-18-14(22)11-3-2-4-11/h11H,2-9H2,1H3. The van der Waals surface area contributed by atoms with Crippen molar-refractivity contribution in [2.24, 2.45) is 0 Å². The zero-order valence-electron chi connectivity index (χ0n) is 14.1. The topological polar surface area (TPSA) is 86.0 Å². The van der Waals surface area contributed by atoms with Crippen molar-refractivity contribution in [1.82, 2.24) is 28.4 Å². The van der Waals surface area contributed by atoms with Crippen LogP contribution in [0.4, 0.5) is 0 Å². The molecule has 5 rings (SSSR count). The summed E-state index contributed by atoms with van der Waals surface area (Å²) in [4.78, 5) is 14.6. The van der Waals surface area contributed by atoms with Crippen molar-refractivity contribution in [1.29, 1.82) is 0 Å². The fourth-order valence-electron chi connectivity index (χ4n) is 3.99. The summed E-state index contributed by atoms with van der Waals surface area (Å²) in [5.74, 6) is 2.52. The van der Waals surface area contributed by atoms with E-state index >= 15 is 0 Å². The van der Waals surface area contributed by atoms with Crippen LogP contribution in [-0.4, -0.2) is 53.0 Å². The van der Waals surface area contributed by atoms with Crippen LogP contribution in [0.1, 0.15) is 59.4 Å². The summed E-state index contributed by atoms with van der Waals surface area (Å²) in [5.41, 5.74) is 0.841. The lowest BCUT2D eigenvalue weighted by Gasteiger charge is -2.36. The van der Waals surface area contributed by atoms with Crippen LogP contribution >= 0.6 is 11.7 Å². The maximum atomic E-state index is 12.7. The van der Waals surface area contributed by atoms with E-state index in [4.69, 9.17) is 4.74 Å². The van der Waals surface area contributed by atoms with E-state index in [0.717, 1.165) is 36.3 Å². The van der Waals surface area contributed by atoms with E-state index in [2.05, 4.69) is 23.5 Å². The molecular weight excluding hydrogens is 340 g/mol. The maximum absolute atomic E-state index is 12.7. The number of fused-ring (bicyclic) bond motifs is 1. The van der Waals surface area contributed by atoms with Gasteiger partial charge in [0.2, 0.25) is 0 Å². The molecule has 1 unspecified atom stereocenters. The fourth-order valence-corrected chi connectivity index (χ4v) is 4.53. The largest absolute Gasteiger partial charge is 0.363 e. The SMILES string of the molecule is Cc1nsnc1C(=O)N1CCC2(C1)Cn1c(nnc1C1CCC1)CO2. The Morgan fingerprint density at radius 1 is 1.28 bits per heavy atom. The first-order chi connectivity index (χ1) is 12.2. The Hall–Kier alpha value is -1.87. The van der Waals surface area contributed by atoms with Gasteiger partial charge in [0.05, 0.1) is 30.5 Å². The number of amides is 1. The number of likely N-dealkylation sites (tertiary alicyclic amines) is 1. The molecule has 1 amide bonds. The highest BCUT2D eigenvalue weighted by atomic mass is 32.1. The van der Waals surface area contributed by atoms with Crippen LogP contribution in [0, 0.1) is 6.92 Å². The lowest BCUT2D eigenvalue weighted by atomic mass is 9.84. The molecule has 1 aliphatic carbocycles. The number of carbonyl (C=O) groups excluding carboxylic acids is 1. The highest BCUT2D eigenvalue weighted by Crippen LogP contribution is 2.39. The van der Waals surface area contributed by atoms with Gasteiger partial charge in [-0.05, 0) is 26.2 Å². The lowest BCUT2D eigenvalue weighted by Crippen LogP contribution is -2.45. The van der Waals surface area contributed by atoms with Gasteiger partial charge in [0.1, 0.15) is 18.0 Å². The molecule has 3 aliphatic rings. The van der Waals surface area contributed by atoms with Crippen molar-refractivity contribution in [2.45, 2.75) is 57.3 Å². The average molecular weight is 360 g/mol. The number of ether oxygens (including phenoxy) is 1. The van der Waals surface area contributed by atoms with Gasteiger partial charge in [-0.1, -0.05) is 6.42 Å². The smallest absolute Gasteiger partial charge is 0.275 e. The summed E-state index contributed by atoms with van der Waals surface area (Å²) < 4.78 is 16.7. The van der Waals surface area contributed by atoms with Crippen molar-refractivity contribution in [3.05, 3.63) is 23.0 Å². The molecule has 0 radical (unpaired) electrons. The molecule has 4 heterocycles. The molecule has 132 valence electrons. The number of hydrogen-bond donors (Lipinski definition) is 0. The van der Waals surface area contributed by atoms with Crippen molar-refractivity contribution >= 4 is 17.6 Å². The Kier molecular flexibility index (Phi) is 3.43. The summed E-state index contributed by atoms with van der Waals surface area (Å²) in [5, 5.41) is 8.73. The monoisotopic (exact) mass is 360 g/mol. The summed E-state index contributed by atoms with van der Waals surface area (Å²) in [7, 11) is 0. The molecular formula is C16H20N6O2S. The minimum Gasteiger partial charge on any atom is -0.363 e. The van der Waals surface area contributed by atoms with Gasteiger partial charge in [0.25, 0.3) is 5.91 Å². The van der Waals surface area contributed by atoms with E-state index in [-0.39, 0.29) is 11.5 Å². The number of aryl methyl sites for hydroxylation is 1. The summed E-state index contributed by atoms with van der Waals surface area (Å²) in [6.07, 6.45) is 4.51. The molecule has 2 aromatic heterocycles. The van der Waals surface area contributed by atoms with Gasteiger partial charge >= 0.3 is 0 Å². The van der Waals surface area contributed by atoms with Gasteiger partial charge in [-0.2, -0.15) is 8.75 Å². The molecule has 8 nitrogen and oxygen atoms in total. The van der Waals surface area contributed by atoms with Crippen LogP contribution in [0.25, 0.3) is 0 Å². The van der Waals surface area contributed by atoms with Gasteiger partial charge in [-0.25, -0.2) is 0 Å². The van der Waals surface area contributed by atoms with Gasteiger partial charge in [0, 0.05) is 12.5 Å². The molecule has 1 atom stereocenters. The molecule has 0 bridgehead atoms. The van der Waals surface area contributed by atoms with Crippen LogP contribution in [0.3, 0.4) is 0 Å². The lowest BCUT2D eigenvalue weighted by molar-refractivity contribution is -0.0818. The van der Waals surface area contributed by atoms with E-state index in [1.165, 1.54) is 19.3 Å². The van der Waals surface area contributed by atoms with E-state index in [0.29, 0.717) is 37.0 Å². The molecule has 2 aromatic rings. The van der Waals surface area contributed by atoms with E-state index < -0.39 is 0 Å². The van der Waals surface area contributed by atoms with Crippen LogP contribution in [-0.2, 0) is 17.9 Å². The molecule has 1 saturated carbocycles. The van der Waals surface area contributed by atoms with E-state index in [9.17, 15) is 4.79 Å². The molecule has 25 heavy (non-hydrogen) atoms. The van der Waals surface area contributed by atoms with E-state index in [1.54, 1.807) is 0 Å². The second kappa shape index (κ2) is 5.57. The van der Waals surface area contributed by atoms with Gasteiger partial charge in [0.15, 0.2) is 11.5 Å². The fraction of sp³-hybridized carbons (Fsp3) is 0.688. The number of aromatic nitrogens is 5. The highest BCUT2D eigenvalue weighted by Gasteiger charge is 2.46. The maximum Gasteiger partial charge on any atom is 0.275 e. The van der Waals surface area contributed by atoms with Crippen LogP contribution in [0.2, 0.25) is 0 Å². The first kappa shape index (κ1) is 15.4. The van der Waals surface area contributed by atoms with E-state index in [1.807, 2.05) is 11.8 Å². The molecule has 2 fully saturated rings. The minimum absolute atomic E-state index is 0.0412. The molecule has 0 aromatic carbocycles. The van der Waals surface area contributed by atoms with Gasteiger partial charge in [-0.15, -0.1) is 10.2 Å². The number of carbonyl (C=O) groups is 1. The second-order valence-electron chi connectivity index (χ2n) is 7.34. The summed E-state index contributed by atoms with van der Waals surface area (Å²) in [6.45, 7) is 4.31. The van der Waals surface area contributed by atoms with Crippen LogP contribution < -0.4 is 0 Å². The number of rotatable bonds is 2. The third-order valence-electron chi connectivity index (χ3n) is 5.74. The summed E-state index contributed by atoms with van der Waals surface area (Å²) >= 11 is 1.09. The molecule has 2 aliphatic heterocycles. The van der Waals surface area contributed by atoms with Crippen molar-refractivity contribution in [2.75, 3.05) is 13.1 Å². The molecule has 0 N–H and O–H groups in total. The normalized spacial score (nSPS) is 26.0. The zero-order valence-corrected chi connectivity index (χ0v) is 15.0. The Bertz CT molecular complexity index is 828. The quantitative estimate of drug-likeness (QED) is 0.807. The Morgan fingerprint density at radius 2 is 2.16 bits per heavy atom. The number of hydrogen-bond acceptors (Lipinski definition) is 7. The molecule has 9 heteroatoms. The van der Waals surface area contributed by atoms with Crippen LogP contribution in [0.5, 0.6) is 0 Å². The van der Waals surface area contributed by atoms with Crippen molar-refractivity contribution in [3.8, 4) is 0 Å². The van der Waals surface area contributed by atoms with Crippen LogP contribution in [0.15, 0.2) is 0 Å². The highest BCUT2D eigenvalue weighted by molar-refractivity contribution is 6.99. The minimum atomic E-state index is -0.332. The predicted octanol–water partition coefficient (Wildman–Crippen LogP) is 1.52. The third-order valence-corrected chi connectivity index (χ3v) is 6.36. The molecule has 1 saturated heterocycles. The Labute approximate surface area is 149 Å². The first-order valence-corrected chi connectivity index (χ1v) is 9.53. The van der Waals surface area contributed by atoms with Gasteiger partial charge in [-0.3, -0.25) is 4.79 Å². The van der Waals surface area contributed by atoms with Gasteiger partial charge < -0.3 is 14.2 Å². The molecule has 1 spiro atoms. The zero-order chi connectivity index (χ0) is 17.0. The third kappa shape index (κ3) is 2.40. The summed E-state index contributed by atoms with van der Waals surface area (Å²) in [6, 6.07) is 0. The second-order valence-corrected chi connectivity index (χ2v) is 7.86.